The van der Waals surface area contributed by atoms with Gasteiger partial charge >= 0.3 is 6.03 Å². The van der Waals surface area contributed by atoms with Crippen molar-refractivity contribution in [1.29, 1.82) is 0 Å². The Morgan fingerprint density at radius 1 is 1.47 bits per heavy atom. The number of urea groups is 1. The van der Waals surface area contributed by atoms with Gasteiger partial charge in [0.2, 0.25) is 5.95 Å². The van der Waals surface area contributed by atoms with E-state index in [0.29, 0.717) is 37.6 Å². The number of anilines is 1. The van der Waals surface area contributed by atoms with Crippen LogP contribution in [0, 0.1) is 5.82 Å². The van der Waals surface area contributed by atoms with Crippen LogP contribution in [0.3, 0.4) is 0 Å². The molecule has 1 aromatic heterocycles. The molecule has 3 atom stereocenters. The van der Waals surface area contributed by atoms with Crippen LogP contribution in [0.1, 0.15) is 42.6 Å². The molecule has 0 bridgehead atoms. The number of nitrogens with one attached hydrogen (secondary N) is 2. The van der Waals surface area contributed by atoms with Crippen molar-refractivity contribution in [3.8, 4) is 0 Å². The van der Waals surface area contributed by atoms with Gasteiger partial charge in [-0.25, -0.2) is 19.2 Å². The van der Waals surface area contributed by atoms with E-state index in [2.05, 4.69) is 27.5 Å². The highest BCUT2D eigenvalue weighted by molar-refractivity contribution is 6.30. The average Bonchev–Trinajstić information content (AvgIpc) is 2.78. The standard InChI is InChI=1S/C22H27ClFN5O3/c1-13-8-16(5-7-32-13)26-21-25-10-15-4-6-29(11-19(15)27-21)22(31)28-20(12-30)14-2-3-18(24)17(23)9-14/h2-3,9-10,13,16,20,30H,4-8,11-12H2,1H3,(H,28,31)(H,25,26,27). The number of hydrogen-bond donors (Lipinski definition) is 3. The van der Waals surface area contributed by atoms with Crippen LogP contribution in [0.25, 0.3) is 0 Å². The van der Waals surface area contributed by atoms with Gasteiger partial charge in [0.15, 0.2) is 0 Å². The van der Waals surface area contributed by atoms with Crippen LogP contribution in [-0.4, -0.2) is 57.9 Å². The van der Waals surface area contributed by atoms with E-state index in [-0.39, 0.29) is 29.8 Å². The largest absolute Gasteiger partial charge is 0.394 e. The molecule has 0 aliphatic carbocycles. The lowest BCUT2D eigenvalue weighted by atomic mass is 10.0. The molecule has 8 nitrogen and oxygen atoms in total. The number of aliphatic hydroxyl groups is 1. The Morgan fingerprint density at radius 2 is 2.31 bits per heavy atom. The maximum absolute atomic E-state index is 13.4. The minimum Gasteiger partial charge on any atom is -0.394 e. The van der Waals surface area contributed by atoms with E-state index in [1.165, 1.54) is 18.2 Å². The number of carbonyl (C=O) groups excluding carboxylic acids is 1. The first kappa shape index (κ1) is 22.7. The van der Waals surface area contributed by atoms with Gasteiger partial charge in [-0.3, -0.25) is 0 Å². The molecule has 0 saturated carbocycles. The quantitative estimate of drug-likeness (QED) is 0.630. The first-order valence-electron chi connectivity index (χ1n) is 10.8. The van der Waals surface area contributed by atoms with Crippen molar-refractivity contribution in [1.82, 2.24) is 20.2 Å². The third-order valence-corrected chi connectivity index (χ3v) is 6.17. The van der Waals surface area contributed by atoms with Crippen molar-refractivity contribution in [2.24, 2.45) is 0 Å². The zero-order valence-electron chi connectivity index (χ0n) is 17.9. The first-order valence-corrected chi connectivity index (χ1v) is 11.1. The fourth-order valence-corrected chi connectivity index (χ4v) is 4.25. The number of nitrogens with zero attached hydrogens (tertiary/aromatic N) is 3. The van der Waals surface area contributed by atoms with E-state index in [4.69, 9.17) is 16.3 Å². The van der Waals surface area contributed by atoms with Crippen LogP contribution < -0.4 is 10.6 Å². The van der Waals surface area contributed by atoms with Gasteiger partial charge in [0.05, 0.1) is 36.0 Å². The Balaban J connectivity index is 1.41. The molecule has 2 aliphatic heterocycles. The SMILES string of the molecule is CC1CC(Nc2ncc3c(n2)CN(C(=O)NC(CO)c2ccc(F)c(Cl)c2)CC3)CCO1. The van der Waals surface area contributed by atoms with Gasteiger partial charge in [-0.15, -0.1) is 0 Å². The predicted octanol–water partition coefficient (Wildman–Crippen LogP) is 3.05. The zero-order valence-corrected chi connectivity index (χ0v) is 18.6. The second-order valence-electron chi connectivity index (χ2n) is 8.24. The number of amides is 2. The number of aliphatic hydroxyl groups excluding tert-OH is 1. The third-order valence-electron chi connectivity index (χ3n) is 5.88. The number of rotatable bonds is 5. The van der Waals surface area contributed by atoms with Crippen LogP contribution in [0.4, 0.5) is 15.1 Å². The van der Waals surface area contributed by atoms with Crippen molar-refractivity contribution >= 4 is 23.6 Å². The summed E-state index contributed by atoms with van der Waals surface area (Å²) >= 11 is 5.84. The van der Waals surface area contributed by atoms with Gasteiger partial charge in [-0.2, -0.15) is 0 Å². The molecule has 0 radical (unpaired) electrons. The molecule has 32 heavy (non-hydrogen) atoms. The van der Waals surface area contributed by atoms with Gasteiger partial charge < -0.3 is 25.4 Å². The summed E-state index contributed by atoms with van der Waals surface area (Å²) in [6.07, 6.45) is 4.46. The van der Waals surface area contributed by atoms with E-state index >= 15 is 0 Å². The molecule has 2 aliphatic rings. The van der Waals surface area contributed by atoms with Crippen LogP contribution in [-0.2, 0) is 17.7 Å². The van der Waals surface area contributed by atoms with Crippen molar-refractivity contribution in [3.63, 3.8) is 0 Å². The molecule has 3 N–H and O–H groups in total. The Kier molecular flexibility index (Phi) is 7.07. The molecule has 1 saturated heterocycles. The lowest BCUT2D eigenvalue weighted by Crippen LogP contribution is -2.45. The van der Waals surface area contributed by atoms with E-state index < -0.39 is 11.9 Å². The molecule has 2 amide bonds. The summed E-state index contributed by atoms with van der Waals surface area (Å²) < 4.78 is 19.0. The lowest BCUT2D eigenvalue weighted by molar-refractivity contribution is 0.0231. The molecule has 3 heterocycles. The number of hydrogen-bond acceptors (Lipinski definition) is 6. The summed E-state index contributed by atoms with van der Waals surface area (Å²) in [5.41, 5.74) is 2.35. The molecule has 1 aromatic carbocycles. The topological polar surface area (TPSA) is 99.6 Å². The summed E-state index contributed by atoms with van der Waals surface area (Å²) in [6.45, 7) is 3.28. The smallest absolute Gasteiger partial charge is 0.318 e. The number of aromatic nitrogens is 2. The Hall–Kier alpha value is -2.49. The molecule has 172 valence electrons. The molecule has 10 heteroatoms. The summed E-state index contributed by atoms with van der Waals surface area (Å²) in [6, 6.07) is 3.35. The van der Waals surface area contributed by atoms with Gasteiger partial charge in [-0.1, -0.05) is 17.7 Å². The molecule has 4 rings (SSSR count). The molecule has 3 unspecified atom stereocenters. The van der Waals surface area contributed by atoms with Crippen LogP contribution in [0.5, 0.6) is 0 Å². The maximum Gasteiger partial charge on any atom is 0.318 e. The normalized spacial score (nSPS) is 21.6. The minimum absolute atomic E-state index is 0.0576. The van der Waals surface area contributed by atoms with Crippen LogP contribution in [0.2, 0.25) is 5.02 Å². The third kappa shape index (κ3) is 5.28. The van der Waals surface area contributed by atoms with Gasteiger partial charge in [0, 0.05) is 25.4 Å². The number of halogens is 2. The number of carbonyl (C=O) groups is 1. The zero-order chi connectivity index (χ0) is 22.7. The highest BCUT2D eigenvalue weighted by atomic mass is 35.5. The maximum atomic E-state index is 13.4. The fourth-order valence-electron chi connectivity index (χ4n) is 4.06. The molecule has 1 fully saturated rings. The number of fused-ring (bicyclic) bond motifs is 1. The number of benzene rings is 1. The van der Waals surface area contributed by atoms with Crippen LogP contribution >= 0.6 is 11.6 Å². The first-order chi connectivity index (χ1) is 15.4. The van der Waals surface area contributed by atoms with Crippen molar-refractivity contribution < 1.29 is 19.0 Å². The van der Waals surface area contributed by atoms with E-state index in [1.807, 2.05) is 6.20 Å². The van der Waals surface area contributed by atoms with Gasteiger partial charge in [0.25, 0.3) is 0 Å². The Labute approximate surface area is 191 Å². The summed E-state index contributed by atoms with van der Waals surface area (Å²) in [7, 11) is 0. The Bertz CT molecular complexity index is 979. The predicted molar refractivity (Wildman–Crippen MR) is 118 cm³/mol. The summed E-state index contributed by atoms with van der Waals surface area (Å²) in [5.74, 6) is 0.00433. The van der Waals surface area contributed by atoms with Crippen LogP contribution in [0.15, 0.2) is 24.4 Å². The highest BCUT2D eigenvalue weighted by Gasteiger charge is 2.26. The van der Waals surface area contributed by atoms with Gasteiger partial charge in [-0.05, 0) is 49.4 Å². The summed E-state index contributed by atoms with van der Waals surface area (Å²) in [4.78, 5) is 23.6. The van der Waals surface area contributed by atoms with E-state index in [0.717, 1.165) is 24.1 Å². The summed E-state index contributed by atoms with van der Waals surface area (Å²) in [5, 5.41) is 15.9. The lowest BCUT2D eigenvalue weighted by Gasteiger charge is -2.31. The fraction of sp³-hybridized carbons (Fsp3) is 0.500. The van der Waals surface area contributed by atoms with Gasteiger partial charge in [0.1, 0.15) is 5.82 Å². The Morgan fingerprint density at radius 3 is 3.06 bits per heavy atom. The molecule has 2 aromatic rings. The second-order valence-corrected chi connectivity index (χ2v) is 8.65. The molecular weight excluding hydrogens is 437 g/mol. The van der Waals surface area contributed by atoms with E-state index in [9.17, 15) is 14.3 Å². The highest BCUT2D eigenvalue weighted by Crippen LogP contribution is 2.23. The number of ether oxygens (including phenoxy) is 1. The molecule has 0 spiro atoms. The average molecular weight is 464 g/mol. The van der Waals surface area contributed by atoms with Crippen molar-refractivity contribution in [2.75, 3.05) is 25.1 Å². The monoisotopic (exact) mass is 463 g/mol. The second kappa shape index (κ2) is 9.97. The van der Waals surface area contributed by atoms with Crippen molar-refractivity contribution in [2.45, 2.75) is 50.9 Å². The minimum atomic E-state index is -0.694. The van der Waals surface area contributed by atoms with E-state index in [1.54, 1.807) is 4.90 Å². The molecular formula is C22H27ClFN5O3. The van der Waals surface area contributed by atoms with Crippen molar-refractivity contribution in [3.05, 3.63) is 52.1 Å².